The van der Waals surface area contributed by atoms with E-state index in [0.29, 0.717) is 66.9 Å². The Kier molecular flexibility index (Phi) is 22.1. The molecule has 0 unspecified atom stereocenters. The Hall–Kier alpha value is -10.2. The van der Waals surface area contributed by atoms with Crippen LogP contribution in [0.1, 0.15) is 39.9 Å². The lowest BCUT2D eigenvalue weighted by Crippen LogP contribution is -2.19. The summed E-state index contributed by atoms with van der Waals surface area (Å²) in [5.74, 6) is 2.84. The summed E-state index contributed by atoms with van der Waals surface area (Å²) in [5.41, 5.74) is 20.6. The highest BCUT2D eigenvalue weighted by atomic mass is 35.5. The van der Waals surface area contributed by atoms with Crippen molar-refractivity contribution >= 4 is 128 Å². The van der Waals surface area contributed by atoms with Crippen LogP contribution >= 0.6 is 46.1 Å². The van der Waals surface area contributed by atoms with E-state index in [0.717, 1.165) is 10.6 Å². The number of benzene rings is 3. The van der Waals surface area contributed by atoms with Crippen molar-refractivity contribution in [2.45, 2.75) is 27.7 Å². The van der Waals surface area contributed by atoms with Crippen LogP contribution in [-0.2, 0) is 19.3 Å². The molecule has 8 rings (SSSR count). The van der Waals surface area contributed by atoms with E-state index in [1.165, 1.54) is 89.3 Å². The van der Waals surface area contributed by atoms with E-state index in [1.807, 2.05) is 13.8 Å². The number of urea groups is 2. The molecule has 0 fully saturated rings. The Morgan fingerprint density at radius 1 is 0.561 bits per heavy atom. The fourth-order valence-electron chi connectivity index (χ4n) is 6.08. The molecule has 0 aliphatic rings. The number of carbonyl (C=O) groups is 3. The third-order valence-electron chi connectivity index (χ3n) is 9.89. The summed E-state index contributed by atoms with van der Waals surface area (Å²) in [4.78, 5) is 78.3. The fraction of sp³-hybridized carbons (Fsp3) is 0.143. The molecule has 0 saturated carbocycles. The Labute approximate surface area is 484 Å². The van der Waals surface area contributed by atoms with Gasteiger partial charge in [0.05, 0.1) is 56.5 Å². The number of aromatic nitrogens is 8. The zero-order chi connectivity index (χ0) is 59.3. The Balaban J connectivity index is 0.000000200. The van der Waals surface area contributed by atoms with Gasteiger partial charge in [-0.05, 0) is 57.2 Å². The van der Waals surface area contributed by atoms with Crippen LogP contribution in [-0.4, -0.2) is 98.0 Å². The molecule has 0 radical (unpaired) electrons. The Morgan fingerprint density at radius 3 is 1.28 bits per heavy atom. The lowest BCUT2D eigenvalue weighted by atomic mass is 10.3. The number of hydrogen-bond donors (Lipinski definition) is 8. The van der Waals surface area contributed by atoms with Gasteiger partial charge in [0.1, 0.15) is 97.5 Å². The molecule has 5 amide bonds. The number of nitrogens with zero attached hydrogens (tertiary/aromatic N) is 11. The SMILES string of the molecule is CO/N=C/c1c(N)ncnc1Oc1ccc(NC(=O)Nc2cc(C)on2)c(Cl)c1.CO/N=C/c1c(N)ncnc1Oc1ccc(NC(=O)Nc2nc(C)c(C)s2)c(Cl)c1.CO/N=C/c1c(N)ncnc1Oc1ccc(NC(C)=O)c(Cl)c1. The van der Waals surface area contributed by atoms with Crippen LogP contribution in [0.15, 0.2) is 99.6 Å². The van der Waals surface area contributed by atoms with Crippen molar-refractivity contribution in [2.24, 2.45) is 15.5 Å². The predicted molar refractivity (Wildman–Crippen MR) is 310 cm³/mol. The summed E-state index contributed by atoms with van der Waals surface area (Å²) in [6.45, 7) is 6.92. The monoisotopic (exact) mass is 1200 g/mol. The molecule has 29 nitrogen and oxygen atoms in total. The zero-order valence-corrected chi connectivity index (χ0v) is 47.1. The molecule has 82 heavy (non-hydrogen) atoms. The average molecular weight is 1200 g/mol. The number of nitrogens with one attached hydrogen (secondary N) is 5. The van der Waals surface area contributed by atoms with Gasteiger partial charge in [-0.2, -0.15) is 0 Å². The maximum Gasteiger partial charge on any atom is 0.325 e. The lowest BCUT2D eigenvalue weighted by molar-refractivity contribution is -0.114. The maximum absolute atomic E-state index is 12.2. The predicted octanol–water partition coefficient (Wildman–Crippen LogP) is 10.1. The van der Waals surface area contributed by atoms with Crippen LogP contribution in [0.4, 0.5) is 55.1 Å². The molecule has 11 N–H and O–H groups in total. The fourth-order valence-corrected chi connectivity index (χ4v) is 7.54. The molecule has 0 bridgehead atoms. The second kappa shape index (κ2) is 29.7. The van der Waals surface area contributed by atoms with Gasteiger partial charge in [0.2, 0.25) is 23.5 Å². The van der Waals surface area contributed by atoms with E-state index in [2.05, 4.69) is 96.6 Å². The normalized spacial score (nSPS) is 10.7. The standard InChI is InChI=1S/C18H18ClN7O3S.C17H16ClN7O4.C14H14ClN5O3/c1-9-10(2)30-18(24-9)26-17(27)25-14-5-4-11(6-13(14)19)29-16-12(7-23-28-3)15(20)21-8-22-16;1-9-5-14(25-29-9)24-17(26)23-13-4-3-10(6-12(13)18)28-16-11(7-22-27-2)15(19)20-8-21-16;1-8(21)20-12-4-3-9(5-11(12)15)23-14-10(6-19-22-2)13(16)17-7-18-14/h4-8H,1-3H3,(H2,20,21,22)(H2,24,25,26,27);3-8H,1-2H3,(H2,19,20,21)(H2,23,24,25,26);3-7H,1-2H3,(H,20,21)(H2,16,17,18)/b23-7+;22-7+;19-6+. The number of rotatable bonds is 17. The van der Waals surface area contributed by atoms with Gasteiger partial charge >= 0.3 is 12.1 Å². The minimum Gasteiger partial charge on any atom is -0.438 e. The molecule has 33 heteroatoms. The van der Waals surface area contributed by atoms with Crippen molar-refractivity contribution in [1.29, 1.82) is 0 Å². The van der Waals surface area contributed by atoms with Gasteiger partial charge in [-0.15, -0.1) is 11.3 Å². The van der Waals surface area contributed by atoms with Crippen molar-refractivity contribution in [3.63, 3.8) is 0 Å². The number of anilines is 8. The Morgan fingerprint density at radius 2 is 0.951 bits per heavy atom. The van der Waals surface area contributed by atoms with E-state index in [1.54, 1.807) is 55.5 Å². The van der Waals surface area contributed by atoms with Crippen LogP contribution in [0.2, 0.25) is 15.1 Å². The highest BCUT2D eigenvalue weighted by Gasteiger charge is 2.17. The van der Waals surface area contributed by atoms with Gasteiger partial charge in [0, 0.05) is 36.1 Å². The Bertz CT molecular complexity index is 3630. The van der Waals surface area contributed by atoms with Crippen molar-refractivity contribution in [1.82, 2.24) is 40.0 Å². The number of halogens is 3. The number of thiazole rings is 1. The number of ether oxygens (including phenoxy) is 3. The molecule has 0 atom stereocenters. The third kappa shape index (κ3) is 17.9. The molecule has 5 heterocycles. The van der Waals surface area contributed by atoms with Crippen molar-refractivity contribution < 1.29 is 47.6 Å². The topological polar surface area (TPSA) is 398 Å². The minimum absolute atomic E-state index is 0.161. The number of hydrogen-bond acceptors (Lipinski definition) is 25. The first-order chi connectivity index (χ1) is 39.3. The smallest absolute Gasteiger partial charge is 0.325 e. The van der Waals surface area contributed by atoms with Crippen LogP contribution in [0.25, 0.3) is 0 Å². The summed E-state index contributed by atoms with van der Waals surface area (Å²) in [5, 5.41) is 29.0. The molecule has 8 aromatic rings. The highest BCUT2D eigenvalue weighted by Crippen LogP contribution is 2.34. The summed E-state index contributed by atoms with van der Waals surface area (Å²) in [6, 6.07) is 14.8. The first kappa shape index (κ1) is 61.0. The van der Waals surface area contributed by atoms with Gasteiger partial charge < -0.3 is 66.4 Å². The van der Waals surface area contributed by atoms with E-state index < -0.39 is 12.1 Å². The average Bonchev–Trinajstić information content (AvgIpc) is 4.05. The maximum atomic E-state index is 12.2. The number of oxime groups is 3. The molecular formula is C49H48Cl3N19O10S. The first-order valence-corrected chi connectivity index (χ1v) is 25.0. The summed E-state index contributed by atoms with van der Waals surface area (Å²) in [7, 11) is 4.19. The second-order valence-corrected chi connectivity index (χ2v) is 18.2. The molecule has 426 valence electrons. The first-order valence-electron chi connectivity index (χ1n) is 23.1. The van der Waals surface area contributed by atoms with Gasteiger partial charge in [-0.3, -0.25) is 15.4 Å². The van der Waals surface area contributed by atoms with Gasteiger partial charge in [-0.25, -0.2) is 44.5 Å². The largest absolute Gasteiger partial charge is 0.438 e. The molecule has 0 spiro atoms. The summed E-state index contributed by atoms with van der Waals surface area (Å²) >= 11 is 20.0. The number of nitrogens with two attached hydrogens (primary N) is 3. The molecule has 3 aromatic carbocycles. The van der Waals surface area contributed by atoms with Crippen molar-refractivity contribution in [2.75, 3.05) is 65.1 Å². The van der Waals surface area contributed by atoms with Gasteiger partial charge in [-0.1, -0.05) is 55.4 Å². The van der Waals surface area contributed by atoms with Gasteiger partial charge in [0.15, 0.2) is 10.9 Å². The number of amides is 5. The van der Waals surface area contributed by atoms with E-state index >= 15 is 0 Å². The second-order valence-electron chi connectivity index (χ2n) is 15.7. The molecule has 0 aliphatic carbocycles. The minimum atomic E-state index is -0.532. The quantitative estimate of drug-likeness (QED) is 0.0310. The third-order valence-corrected chi connectivity index (χ3v) is 11.8. The van der Waals surface area contributed by atoms with Crippen LogP contribution in [0.3, 0.4) is 0 Å². The number of carbonyl (C=O) groups excluding carboxylic acids is 3. The van der Waals surface area contributed by atoms with Crippen LogP contribution in [0.5, 0.6) is 34.9 Å². The van der Waals surface area contributed by atoms with Crippen molar-refractivity contribution in [3.05, 3.63) is 128 Å². The molecule has 5 aromatic heterocycles. The van der Waals surface area contributed by atoms with Crippen LogP contribution < -0.4 is 58.0 Å². The van der Waals surface area contributed by atoms with Crippen LogP contribution in [0, 0.1) is 20.8 Å². The van der Waals surface area contributed by atoms with E-state index in [4.69, 9.17) is 70.7 Å². The summed E-state index contributed by atoms with van der Waals surface area (Å²) < 4.78 is 22.0. The number of nitrogen functional groups attached to an aromatic ring is 3. The molecule has 0 aliphatic heterocycles. The summed E-state index contributed by atoms with van der Waals surface area (Å²) in [6.07, 6.45) is 7.80. The lowest BCUT2D eigenvalue weighted by Gasteiger charge is -2.11. The number of aryl methyl sites for hydroxylation is 3. The van der Waals surface area contributed by atoms with E-state index in [9.17, 15) is 14.4 Å². The zero-order valence-electron chi connectivity index (χ0n) is 44.0. The van der Waals surface area contributed by atoms with Crippen molar-refractivity contribution in [3.8, 4) is 34.9 Å². The highest BCUT2D eigenvalue weighted by molar-refractivity contribution is 7.15. The molecule has 0 saturated heterocycles. The van der Waals surface area contributed by atoms with Gasteiger partial charge in [0.25, 0.3) is 0 Å². The van der Waals surface area contributed by atoms with E-state index in [-0.39, 0.29) is 56.9 Å². The molecular weight excluding hydrogens is 1150 g/mol.